The van der Waals surface area contributed by atoms with Crippen molar-refractivity contribution in [1.82, 2.24) is 15.2 Å². The zero-order valence-electron chi connectivity index (χ0n) is 8.36. The lowest BCUT2D eigenvalue weighted by Gasteiger charge is -1.94. The highest BCUT2D eigenvalue weighted by atomic mass is 32.1. The molecule has 3 nitrogen and oxygen atoms in total. The van der Waals surface area contributed by atoms with Gasteiger partial charge in [-0.15, -0.1) is 0 Å². The molecule has 0 saturated heterocycles. The summed E-state index contributed by atoms with van der Waals surface area (Å²) in [5.41, 5.74) is 2.42. The molecule has 0 unspecified atom stereocenters. The molecule has 0 bridgehead atoms. The van der Waals surface area contributed by atoms with E-state index in [1.165, 1.54) is 22.3 Å². The first kappa shape index (κ1) is 9.74. The maximum atomic E-state index is 5.02. The zero-order valence-corrected chi connectivity index (χ0v) is 9.99. The number of hydrogen-bond acceptors (Lipinski definition) is 3. The van der Waals surface area contributed by atoms with E-state index in [2.05, 4.69) is 27.3 Å². The van der Waals surface area contributed by atoms with E-state index in [1.807, 2.05) is 18.3 Å². The van der Waals surface area contributed by atoms with Crippen molar-refractivity contribution in [2.45, 2.75) is 6.42 Å². The van der Waals surface area contributed by atoms with Crippen LogP contribution in [-0.2, 0) is 6.42 Å². The van der Waals surface area contributed by atoms with Gasteiger partial charge in [-0.3, -0.25) is 5.10 Å². The van der Waals surface area contributed by atoms with Crippen molar-refractivity contribution in [2.75, 3.05) is 0 Å². The number of aromatic nitrogens is 3. The van der Waals surface area contributed by atoms with E-state index in [4.69, 9.17) is 12.2 Å². The average Bonchev–Trinajstić information content (AvgIpc) is 2.87. The maximum Gasteiger partial charge on any atom is 0.176 e. The predicted octanol–water partition coefficient (Wildman–Crippen LogP) is 3.27. The van der Waals surface area contributed by atoms with Crippen molar-refractivity contribution >= 4 is 34.5 Å². The van der Waals surface area contributed by atoms with Crippen molar-refractivity contribution in [3.8, 4) is 0 Å². The highest BCUT2D eigenvalue weighted by molar-refractivity contribution is 7.73. The molecular weight excluding hydrogens is 238 g/mol. The third-order valence-electron chi connectivity index (χ3n) is 2.50. The number of benzene rings is 1. The molecular formula is C11H9N3S2. The molecule has 3 rings (SSSR count). The molecule has 3 aromatic rings. The summed E-state index contributed by atoms with van der Waals surface area (Å²) in [5, 5.41) is 9.25. The van der Waals surface area contributed by atoms with Crippen molar-refractivity contribution < 1.29 is 0 Å². The van der Waals surface area contributed by atoms with E-state index in [9.17, 15) is 0 Å². The van der Waals surface area contributed by atoms with Gasteiger partial charge < -0.3 is 4.98 Å². The second-order valence-corrected chi connectivity index (χ2v) is 5.29. The van der Waals surface area contributed by atoms with Crippen LogP contribution in [0.5, 0.6) is 0 Å². The fourth-order valence-electron chi connectivity index (χ4n) is 1.78. The summed E-state index contributed by atoms with van der Waals surface area (Å²) in [5.74, 6) is 0. The maximum absolute atomic E-state index is 5.02. The lowest BCUT2D eigenvalue weighted by Crippen LogP contribution is -1.85. The summed E-state index contributed by atoms with van der Waals surface area (Å²) in [6.45, 7) is 0. The Labute approximate surface area is 101 Å². The van der Waals surface area contributed by atoms with Gasteiger partial charge in [-0.1, -0.05) is 29.5 Å². The van der Waals surface area contributed by atoms with Crippen molar-refractivity contribution in [3.63, 3.8) is 0 Å². The second kappa shape index (κ2) is 3.84. The minimum atomic E-state index is 0.731. The van der Waals surface area contributed by atoms with Gasteiger partial charge in [0.25, 0.3) is 0 Å². The molecule has 0 atom stereocenters. The van der Waals surface area contributed by atoms with Gasteiger partial charge in [-0.25, -0.2) is 0 Å². The summed E-state index contributed by atoms with van der Waals surface area (Å²) in [6.07, 6.45) is 2.86. The van der Waals surface area contributed by atoms with Gasteiger partial charge in [-0.2, -0.15) is 5.10 Å². The van der Waals surface area contributed by atoms with Gasteiger partial charge in [0.1, 0.15) is 5.01 Å². The van der Waals surface area contributed by atoms with Gasteiger partial charge in [0.15, 0.2) is 3.95 Å². The summed E-state index contributed by atoms with van der Waals surface area (Å²) in [6, 6.07) is 8.27. The number of fused-ring (bicyclic) bond motifs is 1. The van der Waals surface area contributed by atoms with Crippen LogP contribution < -0.4 is 0 Å². The standard InChI is InChI=1S/C11H9N3S2/c15-11-14-13-10(16-11)5-7-6-12-9-4-2-1-3-8(7)9/h1-4,6,12H,5H2,(H,14,15). The topological polar surface area (TPSA) is 44.5 Å². The largest absolute Gasteiger partial charge is 0.361 e. The SMILES string of the molecule is S=c1[nH]nc(Cc2c[nH]c3ccccc23)s1. The van der Waals surface area contributed by atoms with E-state index in [0.717, 1.165) is 20.9 Å². The molecule has 0 radical (unpaired) electrons. The first-order chi connectivity index (χ1) is 7.83. The number of para-hydroxylation sites is 1. The van der Waals surface area contributed by atoms with Crippen LogP contribution in [0.2, 0.25) is 0 Å². The first-order valence-corrected chi connectivity index (χ1v) is 6.15. The summed E-state index contributed by atoms with van der Waals surface area (Å²) in [7, 11) is 0. The van der Waals surface area contributed by atoms with Gasteiger partial charge in [0.05, 0.1) is 0 Å². The van der Waals surface area contributed by atoms with Gasteiger partial charge >= 0.3 is 0 Å². The van der Waals surface area contributed by atoms with Gasteiger partial charge in [0, 0.05) is 23.5 Å². The van der Waals surface area contributed by atoms with E-state index in [-0.39, 0.29) is 0 Å². The monoisotopic (exact) mass is 247 g/mol. The molecule has 5 heteroatoms. The molecule has 0 aliphatic heterocycles. The second-order valence-electron chi connectivity index (χ2n) is 3.54. The van der Waals surface area contributed by atoms with Crippen LogP contribution in [-0.4, -0.2) is 15.2 Å². The van der Waals surface area contributed by atoms with Crippen LogP contribution in [0.3, 0.4) is 0 Å². The molecule has 0 spiro atoms. The van der Waals surface area contributed by atoms with Crippen molar-refractivity contribution in [2.24, 2.45) is 0 Å². The molecule has 2 N–H and O–H groups in total. The van der Waals surface area contributed by atoms with Crippen molar-refractivity contribution in [3.05, 3.63) is 45.0 Å². The Bertz CT molecular complexity index is 677. The van der Waals surface area contributed by atoms with E-state index in [0.29, 0.717) is 0 Å². The van der Waals surface area contributed by atoms with Gasteiger partial charge in [0.2, 0.25) is 0 Å². The molecule has 2 heterocycles. The van der Waals surface area contributed by atoms with Crippen LogP contribution in [0.25, 0.3) is 10.9 Å². The molecule has 80 valence electrons. The minimum absolute atomic E-state index is 0.731. The van der Waals surface area contributed by atoms with Crippen LogP contribution in [0.1, 0.15) is 10.6 Å². The Morgan fingerprint density at radius 3 is 3.00 bits per heavy atom. The number of aromatic amines is 2. The zero-order chi connectivity index (χ0) is 11.0. The molecule has 0 saturated carbocycles. The summed E-state index contributed by atoms with van der Waals surface area (Å²) < 4.78 is 0.731. The third-order valence-corrected chi connectivity index (χ3v) is 3.59. The first-order valence-electron chi connectivity index (χ1n) is 4.92. The lowest BCUT2D eigenvalue weighted by molar-refractivity contribution is 1.00. The minimum Gasteiger partial charge on any atom is -0.361 e. The fourth-order valence-corrected chi connectivity index (χ4v) is 2.74. The number of H-pyrrole nitrogens is 2. The van der Waals surface area contributed by atoms with Gasteiger partial charge in [-0.05, 0) is 23.8 Å². The van der Waals surface area contributed by atoms with E-state index in [1.54, 1.807) is 0 Å². The summed E-state index contributed by atoms with van der Waals surface area (Å²) >= 11 is 6.55. The Kier molecular flexibility index (Phi) is 2.34. The van der Waals surface area contributed by atoms with Crippen LogP contribution in [0, 0.1) is 3.95 Å². The quantitative estimate of drug-likeness (QED) is 0.683. The van der Waals surface area contributed by atoms with E-state index >= 15 is 0 Å². The fraction of sp³-hybridized carbons (Fsp3) is 0.0909. The molecule has 0 fully saturated rings. The number of rotatable bonds is 2. The predicted molar refractivity (Wildman–Crippen MR) is 68.4 cm³/mol. The number of nitrogens with one attached hydrogen (secondary N) is 2. The Morgan fingerprint density at radius 1 is 1.31 bits per heavy atom. The lowest BCUT2D eigenvalue weighted by atomic mass is 10.1. The Hall–Kier alpha value is -1.46. The smallest absolute Gasteiger partial charge is 0.176 e. The van der Waals surface area contributed by atoms with E-state index < -0.39 is 0 Å². The van der Waals surface area contributed by atoms with Crippen molar-refractivity contribution in [1.29, 1.82) is 0 Å². The molecule has 1 aromatic carbocycles. The summed E-state index contributed by atoms with van der Waals surface area (Å²) in [4.78, 5) is 3.26. The number of nitrogens with zero attached hydrogens (tertiary/aromatic N) is 1. The highest BCUT2D eigenvalue weighted by Gasteiger charge is 2.05. The van der Waals surface area contributed by atoms with Crippen LogP contribution >= 0.6 is 23.6 Å². The third kappa shape index (κ3) is 1.68. The molecule has 0 aliphatic rings. The van der Waals surface area contributed by atoms with Crippen LogP contribution in [0.4, 0.5) is 0 Å². The Balaban J connectivity index is 2.03. The normalized spacial score (nSPS) is 11.0. The molecule has 0 amide bonds. The number of hydrogen-bond donors (Lipinski definition) is 2. The molecule has 2 aromatic heterocycles. The van der Waals surface area contributed by atoms with Crippen LogP contribution in [0.15, 0.2) is 30.5 Å². The highest BCUT2D eigenvalue weighted by Crippen LogP contribution is 2.21. The Morgan fingerprint density at radius 2 is 2.19 bits per heavy atom. The molecule has 16 heavy (non-hydrogen) atoms. The average molecular weight is 247 g/mol. The molecule has 0 aliphatic carbocycles.